The number of anilines is 1. The standard InChI is InChI=1S/C25H29N3O7S2/c1-6-34-24(30)20-15-8-7-13(2)9-18(15)37-23(20)26-19(29)12-36-25-28-27-22(35-25)14-10-16(31-3)21(33-5)17(11-14)32-4/h10-11,13H,6-9,12H2,1-5H3,(H,26,29). The van der Waals surface area contributed by atoms with Crippen molar-refractivity contribution >= 4 is 40.0 Å². The van der Waals surface area contributed by atoms with E-state index in [-0.39, 0.29) is 29.4 Å². The number of aromatic nitrogens is 2. The maximum atomic E-state index is 12.8. The number of hydrogen-bond donors (Lipinski definition) is 1. The summed E-state index contributed by atoms with van der Waals surface area (Å²) in [6, 6.07) is 3.40. The second kappa shape index (κ2) is 11.9. The summed E-state index contributed by atoms with van der Waals surface area (Å²) in [5, 5.41) is 11.8. The highest BCUT2D eigenvalue weighted by Crippen LogP contribution is 2.42. The number of nitrogens with zero attached hydrogens (tertiary/aromatic N) is 2. The van der Waals surface area contributed by atoms with Crippen LogP contribution in [-0.4, -0.2) is 55.8 Å². The van der Waals surface area contributed by atoms with Crippen LogP contribution in [0.4, 0.5) is 5.00 Å². The van der Waals surface area contributed by atoms with Crippen LogP contribution in [-0.2, 0) is 22.4 Å². The highest BCUT2D eigenvalue weighted by Gasteiger charge is 2.29. The number of ether oxygens (including phenoxy) is 4. The van der Waals surface area contributed by atoms with Crippen molar-refractivity contribution in [1.29, 1.82) is 0 Å². The van der Waals surface area contributed by atoms with Gasteiger partial charge < -0.3 is 28.7 Å². The molecule has 1 N–H and O–H groups in total. The van der Waals surface area contributed by atoms with Gasteiger partial charge in [0.05, 0.1) is 39.3 Å². The number of hydrogen-bond acceptors (Lipinski definition) is 11. The number of rotatable bonds is 10. The van der Waals surface area contributed by atoms with Crippen molar-refractivity contribution in [3.8, 4) is 28.7 Å². The molecule has 0 radical (unpaired) electrons. The number of benzene rings is 1. The first kappa shape index (κ1) is 26.8. The van der Waals surface area contributed by atoms with Gasteiger partial charge in [-0.15, -0.1) is 21.5 Å². The molecule has 2 heterocycles. The number of fused-ring (bicyclic) bond motifs is 1. The highest BCUT2D eigenvalue weighted by atomic mass is 32.2. The Morgan fingerprint density at radius 3 is 2.54 bits per heavy atom. The van der Waals surface area contributed by atoms with Gasteiger partial charge in [0, 0.05) is 10.4 Å². The number of esters is 1. The van der Waals surface area contributed by atoms with Crippen LogP contribution in [0, 0.1) is 5.92 Å². The van der Waals surface area contributed by atoms with Gasteiger partial charge in [-0.25, -0.2) is 4.79 Å². The van der Waals surface area contributed by atoms with E-state index in [2.05, 4.69) is 22.4 Å². The van der Waals surface area contributed by atoms with E-state index in [4.69, 9.17) is 23.4 Å². The van der Waals surface area contributed by atoms with Gasteiger partial charge in [0.1, 0.15) is 5.00 Å². The lowest BCUT2D eigenvalue weighted by Crippen LogP contribution is -2.17. The first-order valence-corrected chi connectivity index (χ1v) is 13.6. The topological polar surface area (TPSA) is 122 Å². The fourth-order valence-electron chi connectivity index (χ4n) is 4.14. The molecule has 1 aliphatic rings. The predicted octanol–water partition coefficient (Wildman–Crippen LogP) is 4.86. The van der Waals surface area contributed by atoms with Crippen LogP contribution in [0.3, 0.4) is 0 Å². The number of thioether (sulfide) groups is 1. The third kappa shape index (κ3) is 5.85. The normalized spacial score (nSPS) is 14.6. The molecule has 1 amide bonds. The van der Waals surface area contributed by atoms with Gasteiger partial charge in [-0.1, -0.05) is 18.7 Å². The lowest BCUT2D eigenvalue weighted by Gasteiger charge is -2.18. The van der Waals surface area contributed by atoms with E-state index in [1.54, 1.807) is 19.1 Å². The minimum Gasteiger partial charge on any atom is -0.493 e. The molecule has 1 unspecified atom stereocenters. The minimum atomic E-state index is -0.399. The molecule has 198 valence electrons. The Morgan fingerprint density at radius 2 is 1.89 bits per heavy atom. The monoisotopic (exact) mass is 547 g/mol. The predicted molar refractivity (Wildman–Crippen MR) is 140 cm³/mol. The van der Waals surface area contributed by atoms with Crippen molar-refractivity contribution < 1.29 is 33.0 Å². The van der Waals surface area contributed by atoms with E-state index in [0.717, 1.165) is 41.5 Å². The Labute approximate surface area is 223 Å². The number of amides is 1. The lowest BCUT2D eigenvalue weighted by molar-refractivity contribution is -0.113. The van der Waals surface area contributed by atoms with Crippen LogP contribution in [0.1, 0.15) is 41.1 Å². The van der Waals surface area contributed by atoms with Crippen molar-refractivity contribution in [1.82, 2.24) is 10.2 Å². The fourth-order valence-corrected chi connectivity index (χ4v) is 6.12. The Hall–Kier alpha value is -3.25. The molecule has 1 aromatic carbocycles. The van der Waals surface area contributed by atoms with Crippen LogP contribution in [0.15, 0.2) is 21.8 Å². The molecule has 3 aromatic rings. The van der Waals surface area contributed by atoms with Crippen molar-refractivity contribution in [2.75, 3.05) is 39.0 Å². The quantitative estimate of drug-likeness (QED) is 0.278. The minimum absolute atomic E-state index is 0.0259. The van der Waals surface area contributed by atoms with Crippen LogP contribution < -0.4 is 19.5 Å². The summed E-state index contributed by atoms with van der Waals surface area (Å²) in [7, 11) is 4.56. The molecule has 0 bridgehead atoms. The molecule has 12 heteroatoms. The van der Waals surface area contributed by atoms with Crippen LogP contribution in [0.2, 0.25) is 0 Å². The largest absolute Gasteiger partial charge is 0.493 e. The van der Waals surface area contributed by atoms with E-state index >= 15 is 0 Å². The third-order valence-corrected chi connectivity index (χ3v) is 7.88. The van der Waals surface area contributed by atoms with Gasteiger partial charge in [0.2, 0.25) is 17.5 Å². The first-order valence-electron chi connectivity index (χ1n) is 11.8. The first-order chi connectivity index (χ1) is 17.9. The van der Waals surface area contributed by atoms with Crippen LogP contribution >= 0.6 is 23.1 Å². The summed E-state index contributed by atoms with van der Waals surface area (Å²) in [5.74, 6) is 1.48. The van der Waals surface area contributed by atoms with E-state index in [0.29, 0.717) is 39.3 Å². The third-order valence-electron chi connectivity index (χ3n) is 5.89. The van der Waals surface area contributed by atoms with E-state index < -0.39 is 5.97 Å². The van der Waals surface area contributed by atoms with Crippen LogP contribution in [0.5, 0.6) is 17.2 Å². The fraction of sp³-hybridized carbons (Fsp3) is 0.440. The van der Waals surface area contributed by atoms with Crippen molar-refractivity contribution in [2.24, 2.45) is 5.92 Å². The van der Waals surface area contributed by atoms with Crippen LogP contribution in [0.25, 0.3) is 11.5 Å². The molecule has 4 rings (SSSR count). The molecule has 0 saturated heterocycles. The zero-order chi connectivity index (χ0) is 26.5. The molecular weight excluding hydrogens is 518 g/mol. The number of methoxy groups -OCH3 is 3. The van der Waals surface area contributed by atoms with Gasteiger partial charge in [-0.2, -0.15) is 0 Å². The Morgan fingerprint density at radius 1 is 1.16 bits per heavy atom. The summed E-state index contributed by atoms with van der Waals surface area (Å²) < 4.78 is 27.1. The van der Waals surface area contributed by atoms with Gasteiger partial charge >= 0.3 is 5.97 Å². The average Bonchev–Trinajstić information content (AvgIpc) is 3.50. The summed E-state index contributed by atoms with van der Waals surface area (Å²) in [5.41, 5.74) is 2.06. The summed E-state index contributed by atoms with van der Waals surface area (Å²) >= 11 is 2.55. The zero-order valence-corrected chi connectivity index (χ0v) is 23.0. The molecule has 0 spiro atoms. The maximum absolute atomic E-state index is 12.8. The Balaban J connectivity index is 1.46. The van der Waals surface area contributed by atoms with E-state index in [1.165, 1.54) is 32.7 Å². The average molecular weight is 548 g/mol. The molecule has 0 saturated carbocycles. The molecule has 37 heavy (non-hydrogen) atoms. The lowest BCUT2D eigenvalue weighted by atomic mass is 9.88. The summed E-state index contributed by atoms with van der Waals surface area (Å²) in [4.78, 5) is 26.6. The smallest absolute Gasteiger partial charge is 0.341 e. The van der Waals surface area contributed by atoms with Gasteiger partial charge in [-0.05, 0) is 49.8 Å². The molecule has 0 fully saturated rings. The number of carbonyl (C=O) groups is 2. The molecule has 2 aromatic heterocycles. The Bertz CT molecular complexity index is 1260. The Kier molecular flexibility index (Phi) is 8.59. The summed E-state index contributed by atoms with van der Waals surface area (Å²) in [6.45, 7) is 4.23. The van der Waals surface area contributed by atoms with Gasteiger partial charge in [0.25, 0.3) is 5.22 Å². The van der Waals surface area contributed by atoms with E-state index in [9.17, 15) is 9.59 Å². The van der Waals surface area contributed by atoms with E-state index in [1.807, 2.05) is 0 Å². The number of thiophene rings is 1. The highest BCUT2D eigenvalue weighted by molar-refractivity contribution is 7.99. The van der Waals surface area contributed by atoms with Crippen molar-refractivity contribution in [3.63, 3.8) is 0 Å². The molecule has 0 aliphatic heterocycles. The molecule has 10 nitrogen and oxygen atoms in total. The second-order valence-electron chi connectivity index (χ2n) is 8.40. The van der Waals surface area contributed by atoms with Gasteiger partial charge in [0.15, 0.2) is 11.5 Å². The summed E-state index contributed by atoms with van der Waals surface area (Å²) in [6.07, 6.45) is 2.70. The molecule has 1 aliphatic carbocycles. The number of nitrogens with one attached hydrogen (secondary N) is 1. The second-order valence-corrected chi connectivity index (χ2v) is 10.4. The molecule has 1 atom stereocenters. The van der Waals surface area contributed by atoms with Gasteiger partial charge in [-0.3, -0.25) is 4.79 Å². The zero-order valence-electron chi connectivity index (χ0n) is 21.3. The number of carbonyl (C=O) groups excluding carboxylic acids is 2. The SMILES string of the molecule is CCOC(=O)c1c(NC(=O)CSc2nnc(-c3cc(OC)c(OC)c(OC)c3)o2)sc2c1CCC(C)C2. The van der Waals surface area contributed by atoms with Crippen molar-refractivity contribution in [2.45, 2.75) is 38.3 Å². The van der Waals surface area contributed by atoms with Crippen molar-refractivity contribution in [3.05, 3.63) is 28.1 Å². The molecular formula is C25H29N3O7S2. The maximum Gasteiger partial charge on any atom is 0.341 e.